The Morgan fingerprint density at radius 2 is 1.70 bits per heavy atom. The van der Waals surface area contributed by atoms with Crippen molar-refractivity contribution in [1.82, 2.24) is 10.2 Å². The van der Waals surface area contributed by atoms with Crippen LogP contribution in [0.2, 0.25) is 0 Å². The number of aromatic nitrogens is 2. The van der Waals surface area contributed by atoms with Crippen molar-refractivity contribution in [3.8, 4) is 23.0 Å². The van der Waals surface area contributed by atoms with Gasteiger partial charge in [-0.15, -0.1) is 5.10 Å². The molecule has 1 amide bonds. The first-order chi connectivity index (χ1) is 13.0. The van der Waals surface area contributed by atoms with E-state index in [0.29, 0.717) is 17.1 Å². The highest BCUT2D eigenvalue weighted by molar-refractivity contribution is 6.03. The van der Waals surface area contributed by atoms with Crippen LogP contribution >= 0.6 is 0 Å². The third kappa shape index (κ3) is 4.00. The molecule has 0 atom stereocenters. The minimum absolute atomic E-state index is 0.112. The molecule has 10 heteroatoms. The summed E-state index contributed by atoms with van der Waals surface area (Å²) in [6.45, 7) is 0. The van der Waals surface area contributed by atoms with Gasteiger partial charge in [0.2, 0.25) is 5.89 Å². The second-order valence-corrected chi connectivity index (χ2v) is 5.27. The number of hydrogen-bond donors (Lipinski definition) is 1. The Kier molecular flexibility index (Phi) is 4.97. The van der Waals surface area contributed by atoms with E-state index in [1.807, 2.05) is 0 Å². The second-order valence-electron chi connectivity index (χ2n) is 5.27. The summed E-state index contributed by atoms with van der Waals surface area (Å²) in [6, 6.07) is 10.1. The van der Waals surface area contributed by atoms with E-state index in [9.17, 15) is 14.9 Å². The van der Waals surface area contributed by atoms with Crippen LogP contribution in [-0.4, -0.2) is 35.2 Å². The SMILES string of the molecule is COc1cc(OC)cc(-c2nnc(NC(=O)c3ccc([N+](=O)[O-])cc3)o2)c1. The van der Waals surface area contributed by atoms with E-state index in [-0.39, 0.29) is 23.2 Å². The van der Waals surface area contributed by atoms with Crippen LogP contribution in [0.1, 0.15) is 10.4 Å². The number of benzene rings is 2. The van der Waals surface area contributed by atoms with Crippen LogP contribution in [0.25, 0.3) is 11.5 Å². The van der Waals surface area contributed by atoms with E-state index in [0.717, 1.165) is 0 Å². The Balaban J connectivity index is 1.78. The average molecular weight is 370 g/mol. The Morgan fingerprint density at radius 1 is 1.07 bits per heavy atom. The molecular weight excluding hydrogens is 356 g/mol. The predicted octanol–water partition coefficient (Wildman–Crippen LogP) is 2.91. The number of nitrogens with one attached hydrogen (secondary N) is 1. The van der Waals surface area contributed by atoms with Gasteiger partial charge in [-0.25, -0.2) is 0 Å². The number of non-ortho nitro benzene ring substituents is 1. The van der Waals surface area contributed by atoms with Crippen LogP contribution in [0.5, 0.6) is 11.5 Å². The quantitative estimate of drug-likeness (QED) is 0.518. The van der Waals surface area contributed by atoms with Crippen molar-refractivity contribution in [1.29, 1.82) is 0 Å². The molecule has 0 aliphatic carbocycles. The van der Waals surface area contributed by atoms with Crippen LogP contribution in [0, 0.1) is 10.1 Å². The van der Waals surface area contributed by atoms with Crippen LogP contribution in [0.4, 0.5) is 11.7 Å². The number of nitro groups is 1. The zero-order valence-corrected chi connectivity index (χ0v) is 14.3. The van der Waals surface area contributed by atoms with Crippen LogP contribution in [0.15, 0.2) is 46.9 Å². The molecule has 1 heterocycles. The molecule has 0 unspecified atom stereocenters. The van der Waals surface area contributed by atoms with Gasteiger partial charge in [-0.05, 0) is 24.3 Å². The molecule has 1 N–H and O–H groups in total. The summed E-state index contributed by atoms with van der Waals surface area (Å²) in [5, 5.41) is 20.8. The normalized spacial score (nSPS) is 10.3. The van der Waals surface area contributed by atoms with Gasteiger partial charge in [0, 0.05) is 29.3 Å². The first kappa shape index (κ1) is 17.9. The number of amides is 1. The fourth-order valence-corrected chi connectivity index (χ4v) is 2.23. The molecule has 0 spiro atoms. The van der Waals surface area contributed by atoms with Gasteiger partial charge in [0.15, 0.2) is 0 Å². The predicted molar refractivity (Wildman–Crippen MR) is 93.9 cm³/mol. The van der Waals surface area contributed by atoms with Crippen molar-refractivity contribution in [2.75, 3.05) is 19.5 Å². The Morgan fingerprint density at radius 3 is 2.26 bits per heavy atom. The Labute approximate surface area is 152 Å². The van der Waals surface area contributed by atoms with Crippen molar-refractivity contribution in [2.45, 2.75) is 0 Å². The van der Waals surface area contributed by atoms with Gasteiger partial charge < -0.3 is 13.9 Å². The monoisotopic (exact) mass is 370 g/mol. The first-order valence-electron chi connectivity index (χ1n) is 7.63. The van der Waals surface area contributed by atoms with Gasteiger partial charge in [-0.1, -0.05) is 5.10 Å². The molecule has 3 rings (SSSR count). The molecule has 1 aromatic heterocycles. The minimum Gasteiger partial charge on any atom is -0.497 e. The highest BCUT2D eigenvalue weighted by Gasteiger charge is 2.15. The fourth-order valence-electron chi connectivity index (χ4n) is 2.23. The third-order valence-electron chi connectivity index (χ3n) is 3.58. The lowest BCUT2D eigenvalue weighted by Gasteiger charge is -2.05. The third-order valence-corrected chi connectivity index (χ3v) is 3.58. The fraction of sp³-hybridized carbons (Fsp3) is 0.118. The van der Waals surface area contributed by atoms with E-state index in [1.54, 1.807) is 18.2 Å². The summed E-state index contributed by atoms with van der Waals surface area (Å²) in [5.74, 6) is 0.701. The number of methoxy groups -OCH3 is 2. The van der Waals surface area contributed by atoms with Crippen molar-refractivity contribution in [3.05, 3.63) is 58.1 Å². The van der Waals surface area contributed by atoms with Crippen LogP contribution in [-0.2, 0) is 0 Å². The lowest BCUT2D eigenvalue weighted by Crippen LogP contribution is -2.12. The number of anilines is 1. The van der Waals surface area contributed by atoms with Gasteiger partial charge in [0.1, 0.15) is 11.5 Å². The molecule has 0 radical (unpaired) electrons. The topological polar surface area (TPSA) is 130 Å². The van der Waals surface area contributed by atoms with E-state index >= 15 is 0 Å². The van der Waals surface area contributed by atoms with E-state index in [4.69, 9.17) is 13.9 Å². The maximum atomic E-state index is 12.2. The zero-order valence-electron chi connectivity index (χ0n) is 14.3. The van der Waals surface area contributed by atoms with Crippen LogP contribution < -0.4 is 14.8 Å². The van der Waals surface area contributed by atoms with Gasteiger partial charge >= 0.3 is 6.01 Å². The van der Waals surface area contributed by atoms with Crippen LogP contribution in [0.3, 0.4) is 0 Å². The molecule has 0 fully saturated rings. The largest absolute Gasteiger partial charge is 0.497 e. The summed E-state index contributed by atoms with van der Waals surface area (Å²) in [7, 11) is 3.03. The molecule has 0 aliphatic heterocycles. The molecular formula is C17H14N4O6. The van der Waals surface area contributed by atoms with Gasteiger partial charge in [-0.2, -0.15) is 0 Å². The molecule has 0 saturated carbocycles. The van der Waals surface area contributed by atoms with Crippen molar-refractivity contribution < 1.29 is 23.6 Å². The van der Waals surface area contributed by atoms with Gasteiger partial charge in [-0.3, -0.25) is 20.2 Å². The molecule has 0 saturated heterocycles. The van der Waals surface area contributed by atoms with Crippen molar-refractivity contribution >= 4 is 17.6 Å². The lowest BCUT2D eigenvalue weighted by atomic mass is 10.2. The van der Waals surface area contributed by atoms with Crippen molar-refractivity contribution in [2.24, 2.45) is 0 Å². The number of carbonyl (C=O) groups is 1. The molecule has 3 aromatic rings. The smallest absolute Gasteiger partial charge is 0.322 e. The maximum Gasteiger partial charge on any atom is 0.322 e. The number of rotatable bonds is 6. The molecule has 27 heavy (non-hydrogen) atoms. The summed E-state index contributed by atoms with van der Waals surface area (Å²) in [6.07, 6.45) is 0. The molecule has 138 valence electrons. The standard InChI is InChI=1S/C17H14N4O6/c1-25-13-7-11(8-14(9-13)26-2)16-19-20-17(27-16)18-15(22)10-3-5-12(6-4-10)21(23)24/h3-9H,1-2H3,(H,18,20,22). The van der Waals surface area contributed by atoms with E-state index < -0.39 is 10.8 Å². The maximum absolute atomic E-state index is 12.2. The molecule has 2 aromatic carbocycles. The molecule has 0 bridgehead atoms. The van der Waals surface area contributed by atoms with Crippen molar-refractivity contribution in [3.63, 3.8) is 0 Å². The van der Waals surface area contributed by atoms with E-state index in [1.165, 1.54) is 38.5 Å². The zero-order chi connectivity index (χ0) is 19.4. The Hall–Kier alpha value is -3.95. The average Bonchev–Trinajstić information content (AvgIpc) is 3.16. The number of ether oxygens (including phenoxy) is 2. The van der Waals surface area contributed by atoms with Gasteiger partial charge in [0.05, 0.1) is 19.1 Å². The summed E-state index contributed by atoms with van der Waals surface area (Å²) < 4.78 is 15.8. The Bertz CT molecular complexity index is 961. The van der Waals surface area contributed by atoms with E-state index in [2.05, 4.69) is 15.5 Å². The number of hydrogen-bond acceptors (Lipinski definition) is 8. The highest BCUT2D eigenvalue weighted by atomic mass is 16.6. The summed E-state index contributed by atoms with van der Waals surface area (Å²) >= 11 is 0. The number of nitrogens with zero attached hydrogens (tertiary/aromatic N) is 3. The number of carbonyl (C=O) groups excluding carboxylic acids is 1. The summed E-state index contributed by atoms with van der Waals surface area (Å²) in [4.78, 5) is 22.3. The minimum atomic E-state index is -0.547. The molecule has 0 aliphatic rings. The summed E-state index contributed by atoms with van der Waals surface area (Å²) in [5.41, 5.74) is 0.650. The number of nitro benzene ring substituents is 1. The first-order valence-corrected chi connectivity index (χ1v) is 7.63. The second kappa shape index (κ2) is 7.52. The highest BCUT2D eigenvalue weighted by Crippen LogP contribution is 2.29. The molecule has 10 nitrogen and oxygen atoms in total. The lowest BCUT2D eigenvalue weighted by molar-refractivity contribution is -0.384. The van der Waals surface area contributed by atoms with Gasteiger partial charge in [0.25, 0.3) is 11.6 Å².